The lowest BCUT2D eigenvalue weighted by atomic mass is 9.96. The zero-order chi connectivity index (χ0) is 20.2. The third kappa shape index (κ3) is 5.50. The van der Waals surface area contributed by atoms with Crippen molar-refractivity contribution in [1.29, 1.82) is 0 Å². The van der Waals surface area contributed by atoms with Crippen molar-refractivity contribution in [2.75, 3.05) is 6.61 Å². The smallest absolute Gasteiger partial charge is 0.338 e. The molecule has 0 spiro atoms. The molecule has 1 heterocycles. The predicted molar refractivity (Wildman–Crippen MR) is 106 cm³/mol. The molecule has 5 nitrogen and oxygen atoms in total. The number of ketones is 1. The molecule has 0 atom stereocenters. The highest BCUT2D eigenvalue weighted by Crippen LogP contribution is 2.19. The molecule has 1 aromatic heterocycles. The Hall–Kier alpha value is -2.47. The first-order chi connectivity index (χ1) is 12.6. The fraction of sp³-hybridized carbons (Fsp3) is 0.381. The Bertz CT molecular complexity index is 861. The van der Waals surface area contributed by atoms with E-state index >= 15 is 0 Å². The lowest BCUT2D eigenvalue weighted by Gasteiger charge is -2.17. The van der Waals surface area contributed by atoms with Gasteiger partial charge in [0.15, 0.2) is 6.61 Å². The van der Waals surface area contributed by atoms with Crippen molar-refractivity contribution < 1.29 is 19.1 Å². The second-order valence-corrected chi connectivity index (χ2v) is 8.61. The van der Waals surface area contributed by atoms with E-state index in [9.17, 15) is 14.4 Å². The van der Waals surface area contributed by atoms with Crippen LogP contribution in [0.1, 0.15) is 56.8 Å². The van der Waals surface area contributed by atoms with Crippen LogP contribution in [0.3, 0.4) is 0 Å². The van der Waals surface area contributed by atoms with Crippen LogP contribution in [-0.2, 0) is 16.1 Å². The van der Waals surface area contributed by atoms with Crippen molar-refractivity contribution in [2.45, 2.75) is 41.2 Å². The lowest BCUT2D eigenvalue weighted by Crippen LogP contribution is -2.34. The van der Waals surface area contributed by atoms with Crippen LogP contribution in [0, 0.1) is 19.3 Å². The number of rotatable bonds is 6. The van der Waals surface area contributed by atoms with Crippen molar-refractivity contribution in [3.63, 3.8) is 0 Å². The number of hydrogen-bond acceptors (Lipinski definition) is 5. The van der Waals surface area contributed by atoms with Gasteiger partial charge in [0.25, 0.3) is 0 Å². The van der Waals surface area contributed by atoms with Gasteiger partial charge in [-0.3, -0.25) is 9.59 Å². The summed E-state index contributed by atoms with van der Waals surface area (Å²) < 4.78 is 5.18. The SMILES string of the molecule is Cc1cccc(C(=O)OCC(=O)c2ccc(CNC(=O)C(C)(C)C)s2)c1C. The van der Waals surface area contributed by atoms with E-state index in [2.05, 4.69) is 5.32 Å². The summed E-state index contributed by atoms with van der Waals surface area (Å²) in [4.78, 5) is 37.8. The van der Waals surface area contributed by atoms with Crippen molar-refractivity contribution >= 4 is 29.0 Å². The van der Waals surface area contributed by atoms with Crippen LogP contribution in [0.15, 0.2) is 30.3 Å². The first-order valence-corrected chi connectivity index (χ1v) is 9.55. The van der Waals surface area contributed by atoms with E-state index in [-0.39, 0.29) is 18.3 Å². The zero-order valence-corrected chi connectivity index (χ0v) is 17.2. The number of carbonyl (C=O) groups excluding carboxylic acids is 3. The average Bonchev–Trinajstić information content (AvgIpc) is 3.07. The van der Waals surface area contributed by atoms with Crippen LogP contribution in [0.4, 0.5) is 0 Å². The van der Waals surface area contributed by atoms with E-state index in [1.807, 2.05) is 40.7 Å². The monoisotopic (exact) mass is 387 g/mol. The van der Waals surface area contributed by atoms with Crippen LogP contribution < -0.4 is 5.32 Å². The molecule has 1 amide bonds. The molecule has 0 fully saturated rings. The van der Waals surface area contributed by atoms with Crippen LogP contribution in [0.25, 0.3) is 0 Å². The summed E-state index contributed by atoms with van der Waals surface area (Å²) in [5.74, 6) is -0.808. The highest BCUT2D eigenvalue weighted by molar-refractivity contribution is 7.14. The summed E-state index contributed by atoms with van der Waals surface area (Å²) in [6.07, 6.45) is 0. The predicted octanol–water partition coefficient (Wildman–Crippen LogP) is 4.07. The Morgan fingerprint density at radius 2 is 1.78 bits per heavy atom. The Morgan fingerprint density at radius 1 is 1.07 bits per heavy atom. The molecule has 0 unspecified atom stereocenters. The van der Waals surface area contributed by atoms with Crippen molar-refractivity contribution in [3.05, 3.63) is 56.8 Å². The van der Waals surface area contributed by atoms with Gasteiger partial charge in [0.2, 0.25) is 11.7 Å². The maximum Gasteiger partial charge on any atom is 0.338 e. The topological polar surface area (TPSA) is 72.5 Å². The fourth-order valence-corrected chi connectivity index (χ4v) is 3.18. The molecule has 2 rings (SSSR count). The molecular weight excluding hydrogens is 362 g/mol. The van der Waals surface area contributed by atoms with Gasteiger partial charge < -0.3 is 10.1 Å². The molecular formula is C21H25NO4S. The van der Waals surface area contributed by atoms with E-state index in [0.29, 0.717) is 17.0 Å². The van der Waals surface area contributed by atoms with Crippen LogP contribution in [0.2, 0.25) is 0 Å². The molecule has 2 aromatic rings. The third-order valence-corrected chi connectivity index (χ3v) is 5.33. The van der Waals surface area contributed by atoms with Gasteiger partial charge in [-0.1, -0.05) is 32.9 Å². The third-order valence-electron chi connectivity index (χ3n) is 4.20. The number of ether oxygens (including phenoxy) is 1. The number of nitrogens with one attached hydrogen (secondary N) is 1. The molecule has 144 valence electrons. The minimum atomic E-state index is -0.501. The minimum Gasteiger partial charge on any atom is -0.454 e. The fourth-order valence-electron chi connectivity index (χ4n) is 2.31. The second-order valence-electron chi connectivity index (χ2n) is 7.45. The Labute approximate surface area is 163 Å². The first-order valence-electron chi connectivity index (χ1n) is 8.73. The van der Waals surface area contributed by atoms with Gasteiger partial charge in [0.1, 0.15) is 0 Å². The molecule has 0 saturated heterocycles. The summed E-state index contributed by atoms with van der Waals surface area (Å²) in [5.41, 5.74) is 1.86. The molecule has 0 bridgehead atoms. The van der Waals surface area contributed by atoms with Gasteiger partial charge in [0, 0.05) is 10.3 Å². The molecule has 1 N–H and O–H groups in total. The van der Waals surface area contributed by atoms with Crippen LogP contribution in [-0.4, -0.2) is 24.3 Å². The van der Waals surface area contributed by atoms with E-state index < -0.39 is 11.4 Å². The van der Waals surface area contributed by atoms with E-state index in [1.165, 1.54) is 11.3 Å². The van der Waals surface area contributed by atoms with E-state index in [1.54, 1.807) is 24.3 Å². The van der Waals surface area contributed by atoms with Gasteiger partial charge in [-0.2, -0.15) is 0 Å². The van der Waals surface area contributed by atoms with E-state index in [4.69, 9.17) is 4.74 Å². The highest BCUT2D eigenvalue weighted by atomic mass is 32.1. The molecule has 0 aliphatic carbocycles. The van der Waals surface area contributed by atoms with Gasteiger partial charge in [-0.15, -0.1) is 11.3 Å². The molecule has 27 heavy (non-hydrogen) atoms. The Morgan fingerprint density at radius 3 is 2.44 bits per heavy atom. The molecule has 0 aliphatic rings. The number of thiophene rings is 1. The average molecular weight is 388 g/mol. The number of aryl methyl sites for hydroxylation is 1. The molecule has 0 aliphatic heterocycles. The van der Waals surface area contributed by atoms with Crippen molar-refractivity contribution in [1.82, 2.24) is 5.32 Å². The molecule has 0 saturated carbocycles. The quantitative estimate of drug-likeness (QED) is 0.599. The number of carbonyl (C=O) groups is 3. The lowest BCUT2D eigenvalue weighted by molar-refractivity contribution is -0.128. The number of hydrogen-bond donors (Lipinski definition) is 1. The molecule has 0 radical (unpaired) electrons. The zero-order valence-electron chi connectivity index (χ0n) is 16.3. The summed E-state index contributed by atoms with van der Waals surface area (Å²) in [5, 5.41) is 2.85. The largest absolute Gasteiger partial charge is 0.454 e. The number of Topliss-reactive ketones (excluding diaryl/α,β-unsaturated/α-hetero) is 1. The second kappa shape index (κ2) is 8.48. The number of amides is 1. The van der Waals surface area contributed by atoms with Gasteiger partial charge in [0.05, 0.1) is 17.0 Å². The van der Waals surface area contributed by atoms with Crippen molar-refractivity contribution in [2.24, 2.45) is 5.41 Å². The molecule has 1 aromatic carbocycles. The first kappa shape index (κ1) is 20.8. The van der Waals surface area contributed by atoms with Crippen LogP contribution >= 0.6 is 11.3 Å². The Balaban J connectivity index is 1.91. The molecule has 6 heteroatoms. The number of esters is 1. The van der Waals surface area contributed by atoms with Gasteiger partial charge >= 0.3 is 5.97 Å². The summed E-state index contributed by atoms with van der Waals surface area (Å²) >= 11 is 1.29. The van der Waals surface area contributed by atoms with Gasteiger partial charge in [-0.05, 0) is 43.2 Å². The number of benzene rings is 1. The normalized spacial score (nSPS) is 11.1. The maximum atomic E-state index is 12.3. The summed E-state index contributed by atoms with van der Waals surface area (Å²) in [6, 6.07) is 8.89. The maximum absolute atomic E-state index is 12.3. The summed E-state index contributed by atoms with van der Waals surface area (Å²) in [7, 11) is 0. The van der Waals surface area contributed by atoms with Crippen LogP contribution in [0.5, 0.6) is 0 Å². The van der Waals surface area contributed by atoms with Crippen molar-refractivity contribution in [3.8, 4) is 0 Å². The summed E-state index contributed by atoms with van der Waals surface area (Å²) in [6.45, 7) is 9.37. The van der Waals surface area contributed by atoms with Gasteiger partial charge in [-0.25, -0.2) is 4.79 Å². The standard InChI is InChI=1S/C21H25NO4S/c1-13-7-6-8-16(14(13)2)19(24)26-12-17(23)18-10-9-15(27-18)11-22-20(25)21(3,4)5/h6-10H,11-12H2,1-5H3,(H,22,25). The van der Waals surface area contributed by atoms with E-state index in [0.717, 1.165) is 16.0 Å². The minimum absolute atomic E-state index is 0.0498. The highest BCUT2D eigenvalue weighted by Gasteiger charge is 2.21. The Kier molecular flexibility index (Phi) is 6.54.